The molecular formula is C15H25FN2. The van der Waals surface area contributed by atoms with Gasteiger partial charge in [-0.1, -0.05) is 13.8 Å². The molecule has 3 heteroatoms. The third-order valence-electron chi connectivity index (χ3n) is 3.24. The molecule has 18 heavy (non-hydrogen) atoms. The zero-order chi connectivity index (χ0) is 13.5. The first kappa shape index (κ1) is 15.0. The highest BCUT2D eigenvalue weighted by Gasteiger charge is 2.18. The molecule has 0 radical (unpaired) electrons. The first-order valence-corrected chi connectivity index (χ1v) is 6.91. The zero-order valence-electron chi connectivity index (χ0n) is 12.0. The van der Waals surface area contributed by atoms with Gasteiger partial charge in [0.2, 0.25) is 0 Å². The number of rotatable bonds is 2. The van der Waals surface area contributed by atoms with Crippen LogP contribution in [0.25, 0.3) is 0 Å². The third-order valence-corrected chi connectivity index (χ3v) is 3.24. The minimum absolute atomic E-state index is 0.162. The van der Waals surface area contributed by atoms with Crippen LogP contribution >= 0.6 is 0 Å². The van der Waals surface area contributed by atoms with Crippen molar-refractivity contribution in [2.24, 2.45) is 0 Å². The first-order chi connectivity index (χ1) is 8.66. The molecule has 0 saturated carbocycles. The monoisotopic (exact) mass is 252 g/mol. The van der Waals surface area contributed by atoms with E-state index in [1.54, 1.807) is 0 Å². The summed E-state index contributed by atoms with van der Waals surface area (Å²) in [6.45, 7) is 12.7. The normalized spacial score (nSPS) is 16.4. The van der Waals surface area contributed by atoms with Gasteiger partial charge in [0.05, 0.1) is 0 Å². The van der Waals surface area contributed by atoms with Crippen molar-refractivity contribution >= 4 is 5.69 Å². The summed E-state index contributed by atoms with van der Waals surface area (Å²) in [6.07, 6.45) is 0. The number of anilines is 1. The van der Waals surface area contributed by atoms with E-state index in [9.17, 15) is 4.39 Å². The molecule has 0 aliphatic carbocycles. The van der Waals surface area contributed by atoms with Crippen molar-refractivity contribution < 1.29 is 4.39 Å². The highest BCUT2D eigenvalue weighted by atomic mass is 19.1. The Labute approximate surface area is 110 Å². The van der Waals surface area contributed by atoms with Crippen molar-refractivity contribution in [2.45, 2.75) is 33.7 Å². The Morgan fingerprint density at radius 3 is 1.89 bits per heavy atom. The van der Waals surface area contributed by atoms with Crippen LogP contribution in [-0.4, -0.2) is 37.1 Å². The Kier molecular flexibility index (Phi) is 6.13. The maximum Gasteiger partial charge on any atom is 0.123 e. The van der Waals surface area contributed by atoms with Crippen LogP contribution in [0.2, 0.25) is 0 Å². The Hall–Kier alpha value is -1.09. The summed E-state index contributed by atoms with van der Waals surface area (Å²) in [5.41, 5.74) is 1.13. The molecule has 1 aromatic carbocycles. The molecule has 1 aliphatic rings. The van der Waals surface area contributed by atoms with E-state index in [1.165, 1.54) is 12.1 Å². The molecule has 1 heterocycles. The third kappa shape index (κ3) is 3.98. The number of hydrogen-bond acceptors (Lipinski definition) is 2. The number of nitrogens with zero attached hydrogens (tertiary/aromatic N) is 2. The fourth-order valence-corrected chi connectivity index (χ4v) is 2.15. The number of piperazine rings is 1. The topological polar surface area (TPSA) is 6.48 Å². The highest BCUT2D eigenvalue weighted by molar-refractivity contribution is 5.46. The average molecular weight is 252 g/mol. The number of halogens is 1. The molecule has 1 fully saturated rings. The molecule has 1 aromatic rings. The fourth-order valence-electron chi connectivity index (χ4n) is 2.15. The van der Waals surface area contributed by atoms with Gasteiger partial charge >= 0.3 is 0 Å². The molecule has 0 amide bonds. The van der Waals surface area contributed by atoms with Gasteiger partial charge in [-0.2, -0.15) is 0 Å². The van der Waals surface area contributed by atoms with E-state index in [-0.39, 0.29) is 5.82 Å². The maximum atomic E-state index is 12.8. The lowest BCUT2D eigenvalue weighted by Gasteiger charge is -2.38. The predicted molar refractivity (Wildman–Crippen MR) is 76.7 cm³/mol. The van der Waals surface area contributed by atoms with E-state index >= 15 is 0 Å². The van der Waals surface area contributed by atoms with Gasteiger partial charge in [-0.15, -0.1) is 0 Å². The van der Waals surface area contributed by atoms with Crippen LogP contribution in [0.15, 0.2) is 24.3 Å². The Bertz CT molecular complexity index is 327. The molecule has 0 aromatic heterocycles. The molecule has 1 aliphatic heterocycles. The fraction of sp³-hybridized carbons (Fsp3) is 0.600. The Balaban J connectivity index is 0.000000771. The zero-order valence-corrected chi connectivity index (χ0v) is 12.0. The van der Waals surface area contributed by atoms with Crippen molar-refractivity contribution in [2.75, 3.05) is 31.1 Å². The van der Waals surface area contributed by atoms with Crippen LogP contribution in [0.3, 0.4) is 0 Å². The van der Waals surface area contributed by atoms with Gasteiger partial charge in [0.1, 0.15) is 5.82 Å². The molecule has 2 nitrogen and oxygen atoms in total. The van der Waals surface area contributed by atoms with Crippen molar-refractivity contribution in [1.82, 2.24) is 4.90 Å². The van der Waals surface area contributed by atoms with Crippen LogP contribution in [0, 0.1) is 5.82 Å². The van der Waals surface area contributed by atoms with Crippen molar-refractivity contribution in [1.29, 1.82) is 0 Å². The van der Waals surface area contributed by atoms with E-state index in [2.05, 4.69) is 23.6 Å². The lowest BCUT2D eigenvalue weighted by Crippen LogP contribution is -2.48. The minimum Gasteiger partial charge on any atom is -0.369 e. The number of hydrogen-bond donors (Lipinski definition) is 0. The minimum atomic E-state index is -0.162. The number of benzene rings is 1. The summed E-state index contributed by atoms with van der Waals surface area (Å²) >= 11 is 0. The molecule has 102 valence electrons. The Morgan fingerprint density at radius 2 is 1.44 bits per heavy atom. The standard InChI is InChI=1S/C13H19FN2.C2H6/c1-11(2)15-7-9-16(10-8-15)13-5-3-12(14)4-6-13;1-2/h3-6,11H,7-10H2,1-2H3;1-2H3. The van der Waals surface area contributed by atoms with E-state index in [0.717, 1.165) is 31.9 Å². The van der Waals surface area contributed by atoms with Gasteiger partial charge < -0.3 is 4.90 Å². The van der Waals surface area contributed by atoms with Crippen LogP contribution in [0.5, 0.6) is 0 Å². The van der Waals surface area contributed by atoms with Crippen LogP contribution in [-0.2, 0) is 0 Å². The van der Waals surface area contributed by atoms with Crippen molar-refractivity contribution in [3.63, 3.8) is 0 Å². The van der Waals surface area contributed by atoms with E-state index in [1.807, 2.05) is 26.0 Å². The van der Waals surface area contributed by atoms with Gasteiger partial charge in [-0.05, 0) is 38.1 Å². The summed E-state index contributed by atoms with van der Waals surface area (Å²) in [6, 6.07) is 7.41. The van der Waals surface area contributed by atoms with Crippen LogP contribution in [0.4, 0.5) is 10.1 Å². The smallest absolute Gasteiger partial charge is 0.123 e. The van der Waals surface area contributed by atoms with E-state index in [0.29, 0.717) is 6.04 Å². The summed E-state index contributed by atoms with van der Waals surface area (Å²) in [5, 5.41) is 0. The summed E-state index contributed by atoms with van der Waals surface area (Å²) in [4.78, 5) is 4.79. The highest BCUT2D eigenvalue weighted by Crippen LogP contribution is 2.17. The second-order valence-electron chi connectivity index (χ2n) is 4.59. The quantitative estimate of drug-likeness (QED) is 0.796. The second-order valence-corrected chi connectivity index (χ2v) is 4.59. The molecule has 0 atom stereocenters. The van der Waals surface area contributed by atoms with Crippen molar-refractivity contribution in [3.05, 3.63) is 30.1 Å². The van der Waals surface area contributed by atoms with Crippen LogP contribution in [0.1, 0.15) is 27.7 Å². The Morgan fingerprint density at radius 1 is 0.944 bits per heavy atom. The van der Waals surface area contributed by atoms with Gasteiger partial charge in [-0.3, -0.25) is 4.90 Å². The average Bonchev–Trinajstić information content (AvgIpc) is 2.42. The second kappa shape index (κ2) is 7.37. The summed E-state index contributed by atoms with van der Waals surface area (Å²) < 4.78 is 12.8. The molecule has 1 saturated heterocycles. The molecule has 0 spiro atoms. The van der Waals surface area contributed by atoms with E-state index < -0.39 is 0 Å². The molecular weight excluding hydrogens is 227 g/mol. The van der Waals surface area contributed by atoms with Crippen molar-refractivity contribution in [3.8, 4) is 0 Å². The predicted octanol–water partition coefficient (Wildman–Crippen LogP) is 3.38. The largest absolute Gasteiger partial charge is 0.369 e. The van der Waals surface area contributed by atoms with Gasteiger partial charge in [-0.25, -0.2) is 4.39 Å². The first-order valence-electron chi connectivity index (χ1n) is 6.91. The van der Waals surface area contributed by atoms with Gasteiger partial charge in [0, 0.05) is 37.9 Å². The SMILES string of the molecule is CC.CC(C)N1CCN(c2ccc(F)cc2)CC1. The lowest BCUT2D eigenvalue weighted by atomic mass is 10.2. The van der Waals surface area contributed by atoms with Gasteiger partial charge in [0.25, 0.3) is 0 Å². The summed E-state index contributed by atoms with van der Waals surface area (Å²) in [7, 11) is 0. The molecule has 0 bridgehead atoms. The van der Waals surface area contributed by atoms with E-state index in [4.69, 9.17) is 0 Å². The lowest BCUT2D eigenvalue weighted by molar-refractivity contribution is 0.209. The molecule has 0 unspecified atom stereocenters. The molecule has 0 N–H and O–H groups in total. The van der Waals surface area contributed by atoms with Crippen LogP contribution < -0.4 is 4.90 Å². The summed E-state index contributed by atoms with van der Waals surface area (Å²) in [5.74, 6) is -0.162. The van der Waals surface area contributed by atoms with Gasteiger partial charge in [0.15, 0.2) is 0 Å². The molecule has 2 rings (SSSR count). The maximum absolute atomic E-state index is 12.8.